The summed E-state index contributed by atoms with van der Waals surface area (Å²) in [5.41, 5.74) is 1.98. The topological polar surface area (TPSA) is 67.8 Å². The fourth-order valence-electron chi connectivity index (χ4n) is 5.21. The molecule has 8 heteroatoms. The van der Waals surface area contributed by atoms with E-state index in [1.165, 1.54) is 4.57 Å². The Morgan fingerprint density at radius 1 is 1.11 bits per heavy atom. The summed E-state index contributed by atoms with van der Waals surface area (Å²) in [7, 11) is -0.810. The maximum atomic E-state index is 12.8. The van der Waals surface area contributed by atoms with Gasteiger partial charge in [-0.1, -0.05) is 39.5 Å². The highest BCUT2D eigenvalue weighted by molar-refractivity contribution is 5.87. The number of rotatable bonds is 7. The minimum Gasteiger partial charge on any atom is -0.497 e. The van der Waals surface area contributed by atoms with Crippen LogP contribution in [0.1, 0.15) is 55.8 Å². The third-order valence-electron chi connectivity index (χ3n) is 7.16. The van der Waals surface area contributed by atoms with E-state index in [1.807, 2.05) is 12.1 Å². The fourth-order valence-corrected chi connectivity index (χ4v) is 5.21. The van der Waals surface area contributed by atoms with E-state index in [2.05, 4.69) is 45.4 Å². The molecule has 0 amide bonds. The molecule has 184 valence electrons. The summed E-state index contributed by atoms with van der Waals surface area (Å²) >= 11 is 0. The highest BCUT2D eigenvalue weighted by Gasteiger charge is 2.38. The molecule has 8 nitrogen and oxygen atoms in total. The number of ether oxygens (including phenoxy) is 1. The molecule has 1 aliphatic heterocycles. The Hall–Kier alpha value is -3.44. The van der Waals surface area contributed by atoms with E-state index in [1.54, 1.807) is 31.3 Å². The van der Waals surface area contributed by atoms with Crippen molar-refractivity contribution in [1.82, 2.24) is 19.4 Å². The molecule has 0 N–H and O–H groups in total. The highest BCUT2D eigenvalue weighted by Crippen LogP contribution is 2.35. The first kappa shape index (κ1) is 20.9. The van der Waals surface area contributed by atoms with Gasteiger partial charge in [0.15, 0.2) is 5.82 Å². The van der Waals surface area contributed by atoms with E-state index in [9.17, 15) is 4.79 Å². The summed E-state index contributed by atoms with van der Waals surface area (Å²) in [5, 5.41) is 0. The number of aryl methyl sites for hydroxylation is 1. The number of benzene rings is 1. The van der Waals surface area contributed by atoms with Crippen molar-refractivity contribution in [1.29, 1.82) is 0 Å². The number of fused-ring (bicyclic) bond motifs is 1. The second kappa shape index (κ2) is 10.4. The Morgan fingerprint density at radius 2 is 1.86 bits per heavy atom. The summed E-state index contributed by atoms with van der Waals surface area (Å²) in [4.78, 5) is 30.0. The molecule has 0 aliphatic carbocycles. The Balaban J connectivity index is 1.69. The quantitative estimate of drug-likeness (QED) is 0.459. The Kier molecular flexibility index (Phi) is 6.24. The van der Waals surface area contributed by atoms with Crippen LogP contribution >= 0.6 is 0 Å². The molecule has 0 saturated carbocycles. The van der Waals surface area contributed by atoms with Gasteiger partial charge in [0, 0.05) is 38.3 Å². The predicted molar refractivity (Wildman–Crippen MR) is 139 cm³/mol. The zero-order valence-electron chi connectivity index (χ0n) is 23.7. The maximum absolute atomic E-state index is 12.8. The van der Waals surface area contributed by atoms with Gasteiger partial charge in [0.2, 0.25) is 5.52 Å². The average molecular weight is 478 g/mol. The molecule has 1 aliphatic rings. The lowest BCUT2D eigenvalue weighted by Gasteiger charge is -2.49. The second-order valence-corrected chi connectivity index (χ2v) is 8.99. The summed E-state index contributed by atoms with van der Waals surface area (Å²) in [5.74, 6) is 1.13. The normalized spacial score (nSPS) is 21.1. The van der Waals surface area contributed by atoms with Crippen molar-refractivity contribution in [2.45, 2.75) is 58.2 Å². The van der Waals surface area contributed by atoms with Crippen LogP contribution in [0.4, 0.5) is 11.6 Å². The highest BCUT2D eigenvalue weighted by atomic mass is 16.5. The number of hydrogen-bond donors (Lipinski definition) is 0. The third-order valence-corrected chi connectivity index (χ3v) is 7.16. The van der Waals surface area contributed by atoms with E-state index in [0.29, 0.717) is 29.1 Å². The molecule has 0 radical (unpaired) electrons. The Labute approximate surface area is 211 Å². The van der Waals surface area contributed by atoms with E-state index < -0.39 is 7.04 Å². The van der Waals surface area contributed by atoms with Crippen LogP contribution < -0.4 is 15.3 Å². The molecule has 4 rings (SSSR count). The van der Waals surface area contributed by atoms with Gasteiger partial charge in [0.05, 0.1) is 16.7 Å². The van der Waals surface area contributed by atoms with Gasteiger partial charge in [0.25, 0.3) is 5.82 Å². The third kappa shape index (κ3) is 4.61. The lowest BCUT2D eigenvalue weighted by Crippen LogP contribution is -2.59. The number of aromatic nitrogens is 3. The van der Waals surface area contributed by atoms with Gasteiger partial charge in [-0.15, -0.1) is 4.98 Å². The first-order valence-corrected chi connectivity index (χ1v) is 12.2. The van der Waals surface area contributed by atoms with Gasteiger partial charge in [-0.2, -0.15) is 4.98 Å². The van der Waals surface area contributed by atoms with Crippen LogP contribution in [0.5, 0.6) is 5.75 Å². The van der Waals surface area contributed by atoms with Crippen molar-refractivity contribution in [3.8, 4) is 5.75 Å². The smallest absolute Gasteiger partial charge is 0.350 e. The zero-order valence-corrected chi connectivity index (χ0v) is 20.7. The van der Waals surface area contributed by atoms with Crippen LogP contribution in [0.25, 0.3) is 15.9 Å². The van der Waals surface area contributed by atoms with Crippen molar-refractivity contribution in [2.75, 3.05) is 25.0 Å². The second-order valence-electron chi connectivity index (χ2n) is 8.99. The number of piperazine rings is 1. The van der Waals surface area contributed by atoms with E-state index >= 15 is 0 Å². The molecule has 3 heterocycles. The largest absolute Gasteiger partial charge is 0.497 e. The number of nitrogens with zero attached hydrogens (tertiary/aromatic N) is 6. The first-order valence-electron chi connectivity index (χ1n) is 13.7. The fraction of sp³-hybridized carbons (Fsp3) is 0.481. The number of methoxy groups -OCH3 is 1. The minimum atomic E-state index is -2.48. The van der Waals surface area contributed by atoms with E-state index in [4.69, 9.17) is 15.4 Å². The average Bonchev–Trinajstić information content (AvgIpc) is 2.90. The Bertz CT molecular complexity index is 1380. The lowest BCUT2D eigenvalue weighted by molar-refractivity contribution is 0.0895. The monoisotopic (exact) mass is 477 g/mol. The maximum Gasteiger partial charge on any atom is 0.350 e. The van der Waals surface area contributed by atoms with E-state index in [-0.39, 0.29) is 29.6 Å². The molecule has 1 unspecified atom stereocenters. The van der Waals surface area contributed by atoms with Crippen LogP contribution in [0.2, 0.25) is 0 Å². The molecule has 0 spiro atoms. The molecular weight excluding hydrogens is 440 g/mol. The van der Waals surface area contributed by atoms with Gasteiger partial charge in [0.1, 0.15) is 5.75 Å². The van der Waals surface area contributed by atoms with Crippen LogP contribution in [-0.2, 0) is 7.05 Å². The molecule has 1 fully saturated rings. The molecule has 3 aromatic rings. The molecule has 0 bridgehead atoms. The molecule has 35 heavy (non-hydrogen) atoms. The molecular formula is C27H34N6O2. The van der Waals surface area contributed by atoms with Crippen molar-refractivity contribution in [3.63, 3.8) is 0 Å². The summed E-state index contributed by atoms with van der Waals surface area (Å²) in [6, 6.07) is 11.1. The van der Waals surface area contributed by atoms with Crippen LogP contribution in [0.15, 0.2) is 41.2 Å². The van der Waals surface area contributed by atoms with Crippen molar-refractivity contribution < 1.29 is 8.85 Å². The number of hydrogen-bond acceptors (Lipinski definition) is 6. The summed E-state index contributed by atoms with van der Waals surface area (Å²) < 4.78 is 28.5. The van der Waals surface area contributed by atoms with Crippen molar-refractivity contribution in [2.24, 2.45) is 7.05 Å². The minimum absolute atomic E-state index is 0.0891. The molecule has 1 aromatic carbocycles. The molecule has 1 saturated heterocycles. The molecule has 3 atom stereocenters. The van der Waals surface area contributed by atoms with Gasteiger partial charge in [-0.3, -0.25) is 9.47 Å². The summed E-state index contributed by atoms with van der Waals surface area (Å²) in [6.45, 7) is 15.3. The van der Waals surface area contributed by atoms with Gasteiger partial charge < -0.3 is 14.5 Å². The Morgan fingerprint density at radius 3 is 2.49 bits per heavy atom. The predicted octanol–water partition coefficient (Wildman–Crippen LogP) is 4.72. The van der Waals surface area contributed by atoms with Gasteiger partial charge in [-0.05, 0) is 49.1 Å². The molecule has 2 aromatic heterocycles. The van der Waals surface area contributed by atoms with Crippen LogP contribution in [-0.4, -0.2) is 51.6 Å². The zero-order chi connectivity index (χ0) is 27.6. The summed E-state index contributed by atoms with van der Waals surface area (Å²) in [6.07, 6.45) is 2.62. The number of pyridine rings is 1. The van der Waals surface area contributed by atoms with Crippen LogP contribution in [0.3, 0.4) is 0 Å². The lowest BCUT2D eigenvalue weighted by atomic mass is 9.95. The van der Waals surface area contributed by atoms with Crippen molar-refractivity contribution >= 4 is 22.7 Å². The SMILES string of the molecule is [2H]C([2H])([2H])Oc1ccc(C(CC)N2C[C@H](CC)N(c3nc(=O)n(C)c4ccc([N+]#[C-])nc34)C[C@H]2CC)cc1. The first-order chi connectivity index (χ1) is 18.1. The van der Waals surface area contributed by atoms with Crippen LogP contribution in [0, 0.1) is 6.57 Å². The number of anilines is 1. The van der Waals surface area contributed by atoms with E-state index in [0.717, 1.165) is 31.4 Å². The standard InChI is InChI=1S/C27H34N6O2/c1-7-19-17-33(26-25-23(31(5)27(34)30-26)14-15-24(28-4)29-25)20(8-2)16-32(19)22(9-3)18-10-12-21(35-6)13-11-18/h10-15,19-20,22H,7-9,16-17H2,1-3,5-6H3/t19-,20+,22?/m1/s1/i6D3. The van der Waals surface area contributed by atoms with Gasteiger partial charge >= 0.3 is 5.69 Å². The van der Waals surface area contributed by atoms with Crippen molar-refractivity contribution in [3.05, 3.63) is 63.9 Å². The van der Waals surface area contributed by atoms with Gasteiger partial charge in [-0.25, -0.2) is 4.79 Å².